The molecular formula is C23H32N4O2S. The number of carbonyl (C=O) groups excluding carboxylic acids is 2. The standard InChI is InChI=1S/C23H32N4O2S/c24-16-19-18-6-2-1-3-7-20(18)30-22(19)25-21(28)10-15-26-13-8-17(9-14-26)23(29)27-11-4-5-12-27/h17H,1-15H2,(H,25,28). The second-order valence-electron chi connectivity index (χ2n) is 8.83. The van der Waals surface area contributed by atoms with Crippen molar-refractivity contribution in [2.24, 2.45) is 5.92 Å². The molecule has 0 unspecified atom stereocenters. The molecule has 0 spiro atoms. The summed E-state index contributed by atoms with van der Waals surface area (Å²) in [6.45, 7) is 4.33. The van der Waals surface area contributed by atoms with Crippen molar-refractivity contribution in [1.29, 1.82) is 5.26 Å². The number of thiophene rings is 1. The highest BCUT2D eigenvalue weighted by Gasteiger charge is 2.30. The van der Waals surface area contributed by atoms with Crippen molar-refractivity contribution in [3.63, 3.8) is 0 Å². The van der Waals surface area contributed by atoms with E-state index in [2.05, 4.69) is 16.3 Å². The molecule has 30 heavy (non-hydrogen) atoms. The molecule has 2 fully saturated rings. The molecule has 0 atom stereocenters. The summed E-state index contributed by atoms with van der Waals surface area (Å²) < 4.78 is 0. The number of piperidine rings is 1. The Labute approximate surface area is 183 Å². The first-order valence-corrected chi connectivity index (χ1v) is 12.3. The third-order valence-corrected chi connectivity index (χ3v) is 8.00. The highest BCUT2D eigenvalue weighted by Crippen LogP contribution is 2.37. The van der Waals surface area contributed by atoms with Gasteiger partial charge in [0.1, 0.15) is 11.1 Å². The summed E-state index contributed by atoms with van der Waals surface area (Å²) in [5, 5.41) is 13.4. The number of anilines is 1. The van der Waals surface area contributed by atoms with Crippen LogP contribution in [0.1, 0.15) is 67.4 Å². The van der Waals surface area contributed by atoms with Gasteiger partial charge in [-0.25, -0.2) is 0 Å². The molecule has 0 saturated carbocycles. The average molecular weight is 429 g/mol. The van der Waals surface area contributed by atoms with Gasteiger partial charge in [-0.1, -0.05) is 6.42 Å². The Morgan fingerprint density at radius 2 is 1.77 bits per heavy atom. The van der Waals surface area contributed by atoms with Crippen molar-refractivity contribution in [1.82, 2.24) is 9.80 Å². The van der Waals surface area contributed by atoms with E-state index in [1.165, 1.54) is 23.3 Å². The van der Waals surface area contributed by atoms with Gasteiger partial charge in [-0.15, -0.1) is 11.3 Å². The van der Waals surface area contributed by atoms with Gasteiger partial charge in [0.05, 0.1) is 5.56 Å². The first-order chi connectivity index (χ1) is 14.7. The molecule has 1 aromatic rings. The predicted molar refractivity (Wildman–Crippen MR) is 119 cm³/mol. The molecule has 1 N–H and O–H groups in total. The Morgan fingerprint density at radius 1 is 1.03 bits per heavy atom. The minimum atomic E-state index is -0.0156. The van der Waals surface area contributed by atoms with Crippen LogP contribution in [0, 0.1) is 17.2 Å². The van der Waals surface area contributed by atoms with E-state index in [1.54, 1.807) is 11.3 Å². The monoisotopic (exact) mass is 428 g/mol. The second-order valence-corrected chi connectivity index (χ2v) is 9.93. The number of fused-ring (bicyclic) bond motifs is 1. The zero-order chi connectivity index (χ0) is 20.9. The van der Waals surface area contributed by atoms with E-state index in [9.17, 15) is 14.9 Å². The number of carbonyl (C=O) groups is 2. The van der Waals surface area contributed by atoms with Crippen LogP contribution in [0.2, 0.25) is 0 Å². The molecule has 3 aliphatic rings. The van der Waals surface area contributed by atoms with Crippen LogP contribution < -0.4 is 5.32 Å². The summed E-state index contributed by atoms with van der Waals surface area (Å²) in [5.74, 6) is 0.484. The summed E-state index contributed by atoms with van der Waals surface area (Å²) >= 11 is 1.59. The smallest absolute Gasteiger partial charge is 0.226 e. The third-order valence-electron chi connectivity index (χ3n) is 6.80. The van der Waals surface area contributed by atoms with Crippen LogP contribution in [0.5, 0.6) is 0 Å². The second kappa shape index (κ2) is 9.93. The van der Waals surface area contributed by atoms with Gasteiger partial charge < -0.3 is 15.1 Å². The molecular weight excluding hydrogens is 396 g/mol. The lowest BCUT2D eigenvalue weighted by atomic mass is 9.95. The van der Waals surface area contributed by atoms with Crippen molar-refractivity contribution < 1.29 is 9.59 Å². The van der Waals surface area contributed by atoms with Crippen molar-refractivity contribution in [3.8, 4) is 6.07 Å². The zero-order valence-corrected chi connectivity index (χ0v) is 18.6. The maximum Gasteiger partial charge on any atom is 0.226 e. The number of nitrogens with zero attached hydrogens (tertiary/aromatic N) is 3. The largest absolute Gasteiger partial charge is 0.342 e. The Hall–Kier alpha value is -1.91. The number of rotatable bonds is 5. The van der Waals surface area contributed by atoms with Gasteiger partial charge in [0.2, 0.25) is 11.8 Å². The maximum absolute atomic E-state index is 12.6. The highest BCUT2D eigenvalue weighted by atomic mass is 32.1. The average Bonchev–Trinajstić information content (AvgIpc) is 3.35. The first-order valence-electron chi connectivity index (χ1n) is 11.5. The topological polar surface area (TPSA) is 76.4 Å². The van der Waals surface area contributed by atoms with E-state index in [0.717, 1.165) is 76.1 Å². The predicted octanol–water partition coefficient (Wildman–Crippen LogP) is 3.55. The molecule has 7 heteroatoms. The fraction of sp³-hybridized carbons (Fsp3) is 0.696. The van der Waals surface area contributed by atoms with Gasteiger partial charge in [0.15, 0.2) is 0 Å². The number of hydrogen-bond acceptors (Lipinski definition) is 5. The van der Waals surface area contributed by atoms with Crippen LogP contribution in [-0.4, -0.2) is 54.3 Å². The molecule has 6 nitrogen and oxygen atoms in total. The molecule has 0 aromatic carbocycles. The Bertz CT molecular complexity index is 814. The van der Waals surface area contributed by atoms with Gasteiger partial charge in [-0.2, -0.15) is 5.26 Å². The van der Waals surface area contributed by atoms with Crippen LogP contribution in [0.4, 0.5) is 5.00 Å². The number of nitriles is 1. The Morgan fingerprint density at radius 3 is 2.50 bits per heavy atom. The highest BCUT2D eigenvalue weighted by molar-refractivity contribution is 7.16. The molecule has 0 radical (unpaired) electrons. The van der Waals surface area contributed by atoms with E-state index in [4.69, 9.17) is 0 Å². The summed E-state index contributed by atoms with van der Waals surface area (Å²) in [6.07, 6.45) is 9.99. The summed E-state index contributed by atoms with van der Waals surface area (Å²) in [4.78, 5) is 30.7. The van der Waals surface area contributed by atoms with Crippen molar-refractivity contribution in [3.05, 3.63) is 16.0 Å². The molecule has 0 bridgehead atoms. The van der Waals surface area contributed by atoms with E-state index in [0.29, 0.717) is 24.4 Å². The minimum absolute atomic E-state index is 0.0156. The lowest BCUT2D eigenvalue weighted by Gasteiger charge is -2.33. The quantitative estimate of drug-likeness (QED) is 0.728. The number of aryl methyl sites for hydroxylation is 1. The van der Waals surface area contributed by atoms with Gasteiger partial charge in [0, 0.05) is 36.9 Å². The zero-order valence-electron chi connectivity index (χ0n) is 17.8. The van der Waals surface area contributed by atoms with Gasteiger partial charge in [0.25, 0.3) is 0 Å². The Balaban J connectivity index is 1.24. The molecule has 162 valence electrons. The summed E-state index contributed by atoms with van der Waals surface area (Å²) in [6, 6.07) is 2.33. The SMILES string of the molecule is N#Cc1c(NC(=O)CCN2CCC(C(=O)N3CCCC3)CC2)sc2c1CCCCC2. The fourth-order valence-corrected chi connectivity index (χ4v) is 6.25. The molecule has 4 rings (SSSR count). The van der Waals surface area contributed by atoms with Crippen molar-refractivity contribution in [2.45, 2.75) is 64.2 Å². The van der Waals surface area contributed by atoms with Crippen LogP contribution in [0.15, 0.2) is 0 Å². The summed E-state index contributed by atoms with van der Waals surface area (Å²) in [5.41, 5.74) is 1.85. The number of nitrogens with one attached hydrogen (secondary N) is 1. The maximum atomic E-state index is 12.6. The first kappa shape index (κ1) is 21.3. The molecule has 2 saturated heterocycles. The lowest BCUT2D eigenvalue weighted by molar-refractivity contribution is -0.136. The fourth-order valence-electron chi connectivity index (χ4n) is 5.00. The van der Waals surface area contributed by atoms with Crippen LogP contribution in [0.3, 0.4) is 0 Å². The summed E-state index contributed by atoms with van der Waals surface area (Å²) in [7, 11) is 0. The molecule has 1 aromatic heterocycles. The Kier molecular flexibility index (Phi) is 7.06. The molecule has 3 heterocycles. The number of likely N-dealkylation sites (tertiary alicyclic amines) is 2. The normalized spacial score (nSPS) is 20.4. The van der Waals surface area contributed by atoms with Gasteiger partial charge >= 0.3 is 0 Å². The van der Waals surface area contributed by atoms with E-state index in [1.807, 2.05) is 4.90 Å². The molecule has 2 aliphatic heterocycles. The number of amides is 2. The van der Waals surface area contributed by atoms with Crippen molar-refractivity contribution in [2.75, 3.05) is 38.0 Å². The van der Waals surface area contributed by atoms with Gasteiger partial charge in [-0.05, 0) is 70.0 Å². The van der Waals surface area contributed by atoms with E-state index in [-0.39, 0.29) is 11.8 Å². The van der Waals surface area contributed by atoms with Crippen molar-refractivity contribution >= 4 is 28.2 Å². The van der Waals surface area contributed by atoms with E-state index >= 15 is 0 Å². The minimum Gasteiger partial charge on any atom is -0.342 e. The van der Waals surface area contributed by atoms with Crippen LogP contribution >= 0.6 is 11.3 Å². The third kappa shape index (κ3) is 4.87. The molecule has 1 aliphatic carbocycles. The van der Waals surface area contributed by atoms with E-state index < -0.39 is 0 Å². The lowest BCUT2D eigenvalue weighted by Crippen LogP contribution is -2.42. The van der Waals surface area contributed by atoms with Gasteiger partial charge in [-0.3, -0.25) is 9.59 Å². The van der Waals surface area contributed by atoms with Crippen LogP contribution in [-0.2, 0) is 22.4 Å². The molecule has 2 amide bonds. The number of hydrogen-bond donors (Lipinski definition) is 1. The van der Waals surface area contributed by atoms with Crippen LogP contribution in [0.25, 0.3) is 0 Å².